The maximum absolute atomic E-state index is 11.9. The topological polar surface area (TPSA) is 53.6 Å². The number of allylic oxidation sites excluding steroid dienone is 1. The van der Waals surface area contributed by atoms with E-state index in [9.17, 15) is 4.79 Å². The molecule has 1 aromatic carbocycles. The molecule has 5 nitrogen and oxygen atoms in total. The molecule has 3 rings (SSSR count). The number of carbonyl (C=O) groups is 1. The summed E-state index contributed by atoms with van der Waals surface area (Å²) in [7, 11) is 1.63. The fourth-order valence-corrected chi connectivity index (χ4v) is 2.12. The highest BCUT2D eigenvalue weighted by molar-refractivity contribution is 5.87. The smallest absolute Gasteiger partial charge is 0.254 e. The van der Waals surface area contributed by atoms with Gasteiger partial charge in [0, 0.05) is 18.0 Å². The predicted molar refractivity (Wildman–Crippen MR) is 78.6 cm³/mol. The Morgan fingerprint density at radius 1 is 1.24 bits per heavy atom. The fraction of sp³-hybridized carbons (Fsp3) is 0.188. The van der Waals surface area contributed by atoms with Gasteiger partial charge in [0.1, 0.15) is 23.3 Å². The van der Waals surface area contributed by atoms with Crippen LogP contribution in [0.25, 0.3) is 0 Å². The lowest BCUT2D eigenvalue weighted by Gasteiger charge is -2.17. The van der Waals surface area contributed by atoms with Crippen LogP contribution in [0.15, 0.2) is 48.2 Å². The maximum atomic E-state index is 11.9. The highest BCUT2D eigenvalue weighted by atomic mass is 16.5. The number of carbonyl (C=O) groups excluding carboxylic acids is 1. The molecule has 0 aliphatic carbocycles. The van der Waals surface area contributed by atoms with Crippen molar-refractivity contribution in [2.45, 2.75) is 13.0 Å². The van der Waals surface area contributed by atoms with Crippen LogP contribution in [0.4, 0.5) is 0 Å². The summed E-state index contributed by atoms with van der Waals surface area (Å²) in [6.45, 7) is 1.83. The average Bonchev–Trinajstić information content (AvgIpc) is 2.80. The lowest BCUT2D eigenvalue weighted by Crippen LogP contribution is -2.27. The Balaban J connectivity index is 1.77. The van der Waals surface area contributed by atoms with Gasteiger partial charge in [0.05, 0.1) is 7.11 Å². The third-order valence-corrected chi connectivity index (χ3v) is 3.29. The Morgan fingerprint density at radius 2 is 2.00 bits per heavy atom. The molecular weight excluding hydrogens is 266 g/mol. The number of nitrogens with zero attached hydrogens (tertiary/aromatic N) is 1. The Labute approximate surface area is 123 Å². The van der Waals surface area contributed by atoms with E-state index in [0.29, 0.717) is 5.70 Å². The molecule has 106 valence electrons. The van der Waals surface area contributed by atoms with Crippen molar-refractivity contribution in [2.75, 3.05) is 7.11 Å². The highest BCUT2D eigenvalue weighted by Crippen LogP contribution is 2.18. The molecule has 2 aliphatic heterocycles. The minimum atomic E-state index is -0.205. The number of amides is 1. The van der Waals surface area contributed by atoms with Crippen molar-refractivity contribution in [3.05, 3.63) is 53.7 Å². The summed E-state index contributed by atoms with van der Waals surface area (Å²) >= 11 is 0. The lowest BCUT2D eigenvalue weighted by atomic mass is 10.2. The average molecular weight is 281 g/mol. The van der Waals surface area contributed by atoms with Crippen molar-refractivity contribution >= 4 is 5.91 Å². The first-order chi connectivity index (χ1) is 10.2. The quantitative estimate of drug-likeness (QED) is 0.757. The van der Waals surface area contributed by atoms with Gasteiger partial charge in [-0.3, -0.25) is 9.69 Å². The molecule has 1 saturated heterocycles. The summed E-state index contributed by atoms with van der Waals surface area (Å²) in [5.41, 5.74) is 1.56. The molecule has 0 aromatic heterocycles. The minimum Gasteiger partial charge on any atom is -0.497 e. The summed E-state index contributed by atoms with van der Waals surface area (Å²) in [6, 6.07) is 7.30. The van der Waals surface area contributed by atoms with Crippen LogP contribution in [0.5, 0.6) is 5.75 Å². The number of rotatable bonds is 1. The van der Waals surface area contributed by atoms with Gasteiger partial charge >= 0.3 is 0 Å². The molecule has 2 N–H and O–H groups in total. The SMILES string of the molecule is COc1ccc(C#CC2=CN3C(=O)C(C)NC3=CN2)cc1. The van der Waals surface area contributed by atoms with Crippen LogP contribution in [0, 0.1) is 11.8 Å². The van der Waals surface area contributed by atoms with E-state index in [-0.39, 0.29) is 11.9 Å². The van der Waals surface area contributed by atoms with Gasteiger partial charge < -0.3 is 15.4 Å². The molecule has 0 radical (unpaired) electrons. The number of nitrogens with one attached hydrogen (secondary N) is 2. The van der Waals surface area contributed by atoms with Crippen LogP contribution in [0.1, 0.15) is 12.5 Å². The Morgan fingerprint density at radius 3 is 2.71 bits per heavy atom. The number of fused-ring (bicyclic) bond motifs is 1. The van der Waals surface area contributed by atoms with Gasteiger partial charge in [-0.1, -0.05) is 5.92 Å². The first kappa shape index (κ1) is 13.1. The zero-order chi connectivity index (χ0) is 14.8. The molecular formula is C16H15N3O2. The number of hydrogen-bond acceptors (Lipinski definition) is 4. The first-order valence-corrected chi connectivity index (χ1v) is 6.61. The molecule has 0 spiro atoms. The van der Waals surface area contributed by atoms with Crippen LogP contribution in [-0.2, 0) is 4.79 Å². The lowest BCUT2D eigenvalue weighted by molar-refractivity contribution is -0.125. The van der Waals surface area contributed by atoms with E-state index in [0.717, 1.165) is 17.1 Å². The molecule has 21 heavy (non-hydrogen) atoms. The van der Waals surface area contributed by atoms with Crippen molar-refractivity contribution < 1.29 is 9.53 Å². The van der Waals surface area contributed by atoms with Gasteiger partial charge in [-0.25, -0.2) is 0 Å². The van der Waals surface area contributed by atoms with Gasteiger partial charge in [-0.2, -0.15) is 0 Å². The summed E-state index contributed by atoms with van der Waals surface area (Å²) in [5, 5.41) is 6.15. The molecule has 1 atom stereocenters. The first-order valence-electron chi connectivity index (χ1n) is 6.61. The van der Waals surface area contributed by atoms with E-state index in [2.05, 4.69) is 22.5 Å². The zero-order valence-electron chi connectivity index (χ0n) is 11.8. The molecule has 0 saturated carbocycles. The second-order valence-electron chi connectivity index (χ2n) is 4.77. The Hall–Kier alpha value is -2.87. The third-order valence-electron chi connectivity index (χ3n) is 3.29. The van der Waals surface area contributed by atoms with Crippen molar-refractivity contribution in [2.24, 2.45) is 0 Å². The van der Waals surface area contributed by atoms with Crippen molar-refractivity contribution in [3.8, 4) is 17.6 Å². The molecule has 1 amide bonds. The van der Waals surface area contributed by atoms with E-state index in [1.165, 1.54) is 0 Å². The molecule has 1 aromatic rings. The van der Waals surface area contributed by atoms with Crippen molar-refractivity contribution in [1.29, 1.82) is 0 Å². The summed E-state index contributed by atoms with van der Waals surface area (Å²) < 4.78 is 5.10. The number of benzene rings is 1. The molecule has 1 fully saturated rings. The van der Waals surface area contributed by atoms with Gasteiger partial charge in [-0.05, 0) is 37.1 Å². The van der Waals surface area contributed by atoms with E-state index in [4.69, 9.17) is 4.74 Å². The second-order valence-corrected chi connectivity index (χ2v) is 4.77. The normalized spacial score (nSPS) is 19.4. The Kier molecular flexibility index (Phi) is 3.28. The van der Waals surface area contributed by atoms with E-state index >= 15 is 0 Å². The van der Waals surface area contributed by atoms with Gasteiger partial charge in [0.2, 0.25) is 0 Å². The Bertz CT molecular complexity index is 692. The van der Waals surface area contributed by atoms with Crippen LogP contribution < -0.4 is 15.4 Å². The minimum absolute atomic E-state index is 0.0199. The fourth-order valence-electron chi connectivity index (χ4n) is 2.12. The summed E-state index contributed by atoms with van der Waals surface area (Å²) in [5.74, 6) is 7.63. The summed E-state index contributed by atoms with van der Waals surface area (Å²) in [6.07, 6.45) is 3.46. The van der Waals surface area contributed by atoms with E-state index in [1.807, 2.05) is 31.2 Å². The molecule has 5 heteroatoms. The van der Waals surface area contributed by atoms with Gasteiger partial charge in [0.15, 0.2) is 0 Å². The van der Waals surface area contributed by atoms with Crippen LogP contribution in [-0.4, -0.2) is 24.0 Å². The number of methoxy groups -OCH3 is 1. The van der Waals surface area contributed by atoms with Crippen molar-refractivity contribution in [3.63, 3.8) is 0 Å². The molecule has 2 aliphatic rings. The molecule has 2 heterocycles. The highest BCUT2D eigenvalue weighted by Gasteiger charge is 2.32. The van der Waals surface area contributed by atoms with Crippen LogP contribution in [0.3, 0.4) is 0 Å². The van der Waals surface area contributed by atoms with E-state index < -0.39 is 0 Å². The largest absolute Gasteiger partial charge is 0.497 e. The number of hydrogen-bond donors (Lipinski definition) is 2. The maximum Gasteiger partial charge on any atom is 0.254 e. The van der Waals surface area contributed by atoms with Crippen LogP contribution >= 0.6 is 0 Å². The second kappa shape index (κ2) is 5.25. The molecule has 1 unspecified atom stereocenters. The predicted octanol–water partition coefficient (Wildman–Crippen LogP) is 1.11. The summed E-state index contributed by atoms with van der Waals surface area (Å²) in [4.78, 5) is 13.5. The standard InChI is InChI=1S/C16H15N3O2/c1-11-16(20)19-10-13(17-9-15(19)18-11)6-3-12-4-7-14(21-2)8-5-12/h4-5,7-11,17-18H,1-2H3. The van der Waals surface area contributed by atoms with Crippen molar-refractivity contribution in [1.82, 2.24) is 15.5 Å². The van der Waals surface area contributed by atoms with Gasteiger partial charge in [0.25, 0.3) is 5.91 Å². The third kappa shape index (κ3) is 2.56. The number of ether oxygens (including phenoxy) is 1. The van der Waals surface area contributed by atoms with Crippen LogP contribution in [0.2, 0.25) is 0 Å². The molecule has 0 bridgehead atoms. The van der Waals surface area contributed by atoms with Gasteiger partial charge in [-0.15, -0.1) is 0 Å². The monoisotopic (exact) mass is 281 g/mol. The van der Waals surface area contributed by atoms with E-state index in [1.54, 1.807) is 24.4 Å². The zero-order valence-corrected chi connectivity index (χ0v) is 11.8.